The molecule has 0 saturated carbocycles. The van der Waals surface area contributed by atoms with E-state index in [2.05, 4.69) is 4.98 Å². The summed E-state index contributed by atoms with van der Waals surface area (Å²) in [6, 6.07) is 15.2. The third kappa shape index (κ3) is 3.51. The summed E-state index contributed by atoms with van der Waals surface area (Å²) in [5, 5.41) is 0. The number of sulfone groups is 1. The van der Waals surface area contributed by atoms with Crippen LogP contribution in [0.2, 0.25) is 0 Å². The molecule has 1 aliphatic rings. The van der Waals surface area contributed by atoms with Gasteiger partial charge in [0.1, 0.15) is 5.69 Å². The molecule has 0 bridgehead atoms. The number of pyridine rings is 1. The Labute approximate surface area is 166 Å². The highest BCUT2D eigenvalue weighted by atomic mass is 32.2. The van der Waals surface area contributed by atoms with E-state index in [0.29, 0.717) is 11.1 Å². The van der Waals surface area contributed by atoms with E-state index < -0.39 is 28.2 Å². The number of amides is 1. The fourth-order valence-electron chi connectivity index (χ4n) is 3.32. The van der Waals surface area contributed by atoms with Gasteiger partial charge in [-0.3, -0.25) is 9.78 Å². The number of halogens is 2. The first kappa shape index (κ1) is 19.2. The molecule has 0 saturated heterocycles. The first-order valence-electron chi connectivity index (χ1n) is 8.72. The van der Waals surface area contributed by atoms with Gasteiger partial charge >= 0.3 is 0 Å². The predicted molar refractivity (Wildman–Crippen MR) is 105 cm³/mol. The van der Waals surface area contributed by atoms with Crippen LogP contribution < -0.4 is 4.90 Å². The molecule has 0 aliphatic carbocycles. The highest BCUT2D eigenvalue weighted by Crippen LogP contribution is 2.45. The number of nitrogens with zero attached hydrogens (tertiary/aromatic N) is 2. The fourth-order valence-corrected chi connectivity index (χ4v) is 3.95. The number of benzene rings is 2. The summed E-state index contributed by atoms with van der Waals surface area (Å²) in [7, 11) is -3.34. The monoisotopic (exact) mass is 414 g/mol. The summed E-state index contributed by atoms with van der Waals surface area (Å²) in [5.74, 6) is -3.77. The largest absolute Gasteiger partial charge is 0.300 e. The van der Waals surface area contributed by atoms with Gasteiger partial charge in [0, 0.05) is 18.0 Å². The Kier molecular flexibility index (Phi) is 4.46. The second-order valence-corrected chi connectivity index (χ2v) is 8.85. The van der Waals surface area contributed by atoms with Crippen molar-refractivity contribution >= 4 is 21.4 Å². The second-order valence-electron chi connectivity index (χ2n) is 6.84. The SMILES string of the molecule is CS(=O)(=O)c1ccc(-c2ccc3c(c2)N(C(=O)c2ccccn2)CC3(F)F)cc1. The van der Waals surface area contributed by atoms with Crippen LogP contribution in [0, 0.1) is 0 Å². The minimum Gasteiger partial charge on any atom is -0.300 e. The lowest BCUT2D eigenvalue weighted by Crippen LogP contribution is -2.33. The minimum absolute atomic E-state index is 0.0825. The Balaban J connectivity index is 1.76. The van der Waals surface area contributed by atoms with Gasteiger partial charge in [-0.1, -0.05) is 30.3 Å². The zero-order chi connectivity index (χ0) is 20.8. The first-order chi connectivity index (χ1) is 13.7. The molecule has 4 rings (SSSR count). The third-order valence-corrected chi connectivity index (χ3v) is 5.91. The van der Waals surface area contributed by atoms with Crippen LogP contribution in [0.3, 0.4) is 0 Å². The lowest BCUT2D eigenvalue weighted by molar-refractivity contribution is 0.0138. The van der Waals surface area contributed by atoms with Gasteiger partial charge in [0.15, 0.2) is 9.84 Å². The summed E-state index contributed by atoms with van der Waals surface area (Å²) in [5.41, 5.74) is 1.23. The van der Waals surface area contributed by atoms with E-state index in [1.165, 1.54) is 42.6 Å². The Morgan fingerprint density at radius 2 is 1.72 bits per heavy atom. The Bertz CT molecular complexity index is 1190. The van der Waals surface area contributed by atoms with Crippen molar-refractivity contribution in [2.45, 2.75) is 10.8 Å². The maximum atomic E-state index is 14.5. The van der Waals surface area contributed by atoms with Crippen molar-refractivity contribution in [3.63, 3.8) is 0 Å². The Morgan fingerprint density at radius 1 is 1.03 bits per heavy atom. The van der Waals surface area contributed by atoms with Crippen molar-refractivity contribution in [2.24, 2.45) is 0 Å². The summed E-state index contributed by atoms with van der Waals surface area (Å²) < 4.78 is 52.3. The molecule has 148 valence electrons. The number of aromatic nitrogens is 1. The van der Waals surface area contributed by atoms with E-state index in [0.717, 1.165) is 11.2 Å². The van der Waals surface area contributed by atoms with Crippen molar-refractivity contribution in [3.8, 4) is 11.1 Å². The number of rotatable bonds is 3. The average molecular weight is 414 g/mol. The number of carbonyl (C=O) groups excluding carboxylic acids is 1. The Morgan fingerprint density at radius 3 is 2.34 bits per heavy atom. The van der Waals surface area contributed by atoms with Crippen molar-refractivity contribution in [1.82, 2.24) is 4.98 Å². The van der Waals surface area contributed by atoms with Gasteiger partial charge in [0.2, 0.25) is 0 Å². The number of hydrogen-bond acceptors (Lipinski definition) is 4. The lowest BCUT2D eigenvalue weighted by Gasteiger charge is -2.17. The van der Waals surface area contributed by atoms with Crippen LogP contribution in [-0.4, -0.2) is 32.1 Å². The van der Waals surface area contributed by atoms with Gasteiger partial charge in [0.25, 0.3) is 11.8 Å². The van der Waals surface area contributed by atoms with E-state index in [9.17, 15) is 22.0 Å². The quantitative estimate of drug-likeness (QED) is 0.652. The molecule has 0 radical (unpaired) electrons. The van der Waals surface area contributed by atoms with Gasteiger partial charge in [-0.25, -0.2) is 8.42 Å². The van der Waals surface area contributed by atoms with Gasteiger partial charge in [-0.15, -0.1) is 0 Å². The molecule has 1 aromatic heterocycles. The van der Waals surface area contributed by atoms with E-state index in [1.54, 1.807) is 24.3 Å². The zero-order valence-electron chi connectivity index (χ0n) is 15.3. The second kappa shape index (κ2) is 6.73. The number of fused-ring (bicyclic) bond motifs is 1. The highest BCUT2D eigenvalue weighted by Gasteiger charge is 2.46. The van der Waals surface area contributed by atoms with Crippen LogP contribution in [0.25, 0.3) is 11.1 Å². The van der Waals surface area contributed by atoms with Crippen molar-refractivity contribution in [2.75, 3.05) is 17.7 Å². The number of alkyl halides is 2. The predicted octanol–water partition coefficient (Wildman–Crippen LogP) is 3.90. The molecule has 0 fully saturated rings. The van der Waals surface area contributed by atoms with E-state index in [4.69, 9.17) is 0 Å². The van der Waals surface area contributed by atoms with E-state index >= 15 is 0 Å². The molecular weight excluding hydrogens is 398 g/mol. The molecule has 0 unspecified atom stereocenters. The minimum atomic E-state index is -3.34. The molecule has 29 heavy (non-hydrogen) atoms. The summed E-state index contributed by atoms with van der Waals surface area (Å²) in [4.78, 5) is 17.9. The van der Waals surface area contributed by atoms with Crippen molar-refractivity contribution in [3.05, 3.63) is 78.1 Å². The summed E-state index contributed by atoms with van der Waals surface area (Å²) in [6.45, 7) is -0.756. The normalized spacial score (nSPS) is 15.2. The average Bonchev–Trinajstić information content (AvgIpc) is 2.98. The Hall–Kier alpha value is -3.13. The first-order valence-corrected chi connectivity index (χ1v) is 10.6. The van der Waals surface area contributed by atoms with Crippen LogP contribution in [0.15, 0.2) is 71.8 Å². The van der Waals surface area contributed by atoms with E-state index in [-0.39, 0.29) is 21.8 Å². The molecule has 2 aromatic carbocycles. The van der Waals surface area contributed by atoms with Crippen molar-refractivity contribution < 1.29 is 22.0 Å². The molecule has 0 spiro atoms. The summed E-state index contributed by atoms with van der Waals surface area (Å²) >= 11 is 0. The van der Waals surface area contributed by atoms with Crippen LogP contribution in [0.5, 0.6) is 0 Å². The van der Waals surface area contributed by atoms with Gasteiger partial charge in [0.05, 0.1) is 17.1 Å². The van der Waals surface area contributed by atoms with Crippen molar-refractivity contribution in [1.29, 1.82) is 0 Å². The topological polar surface area (TPSA) is 67.3 Å². The maximum Gasteiger partial charge on any atom is 0.292 e. The number of carbonyl (C=O) groups is 1. The maximum absolute atomic E-state index is 14.5. The molecule has 5 nitrogen and oxygen atoms in total. The molecule has 8 heteroatoms. The zero-order valence-corrected chi connectivity index (χ0v) is 16.2. The molecule has 2 heterocycles. The molecule has 3 aromatic rings. The number of anilines is 1. The smallest absolute Gasteiger partial charge is 0.292 e. The van der Waals surface area contributed by atoms with E-state index in [1.807, 2.05) is 0 Å². The van der Waals surface area contributed by atoms with Gasteiger partial charge in [-0.05, 0) is 41.5 Å². The molecule has 1 amide bonds. The third-order valence-electron chi connectivity index (χ3n) is 4.78. The number of hydrogen-bond donors (Lipinski definition) is 0. The molecule has 1 aliphatic heterocycles. The standard InChI is InChI=1S/C21H16F2N2O3S/c1-29(27,28)16-8-5-14(6-9-16)15-7-10-17-19(12-15)25(13-21(17,22)23)20(26)18-4-2-3-11-24-18/h2-12H,13H2,1H3. The fraction of sp³-hybridized carbons (Fsp3) is 0.143. The van der Waals surface area contributed by atoms with Crippen LogP contribution in [0.1, 0.15) is 16.1 Å². The van der Waals surface area contributed by atoms with Gasteiger partial charge < -0.3 is 4.90 Å². The van der Waals surface area contributed by atoms with Gasteiger partial charge in [-0.2, -0.15) is 8.78 Å². The summed E-state index contributed by atoms with van der Waals surface area (Å²) in [6.07, 6.45) is 2.54. The highest BCUT2D eigenvalue weighted by molar-refractivity contribution is 7.90. The molecule has 0 N–H and O–H groups in total. The molecule has 0 atom stereocenters. The van der Waals surface area contributed by atoms with Crippen LogP contribution in [-0.2, 0) is 15.8 Å². The van der Waals surface area contributed by atoms with Crippen LogP contribution in [0.4, 0.5) is 14.5 Å². The molecular formula is C21H16F2N2O3S. The lowest BCUT2D eigenvalue weighted by atomic mass is 10.0. The van der Waals surface area contributed by atoms with Crippen LogP contribution >= 0.6 is 0 Å².